The standard InChI is InChI=1S/C17H16ClN5O/c1-2-11-3-6-13(7-4-11)24-17-15(19)16(21-10-22-17)23-14-8-5-12(18)9-20-14/h3-10H,2,19H2,1H3,(H,20,21,22,23). The van der Waals surface area contributed by atoms with Gasteiger partial charge in [-0.25, -0.2) is 9.97 Å². The van der Waals surface area contributed by atoms with E-state index in [0.717, 1.165) is 6.42 Å². The first-order valence-electron chi connectivity index (χ1n) is 7.41. The van der Waals surface area contributed by atoms with Gasteiger partial charge in [0.25, 0.3) is 0 Å². The van der Waals surface area contributed by atoms with Crippen molar-refractivity contribution in [1.29, 1.82) is 0 Å². The van der Waals surface area contributed by atoms with Crippen molar-refractivity contribution in [2.75, 3.05) is 11.1 Å². The van der Waals surface area contributed by atoms with Crippen molar-refractivity contribution in [2.24, 2.45) is 0 Å². The van der Waals surface area contributed by atoms with Crippen molar-refractivity contribution in [2.45, 2.75) is 13.3 Å². The average Bonchev–Trinajstić information content (AvgIpc) is 2.61. The molecule has 0 saturated carbocycles. The van der Waals surface area contributed by atoms with Crippen LogP contribution in [0.25, 0.3) is 0 Å². The van der Waals surface area contributed by atoms with Gasteiger partial charge in [-0.05, 0) is 36.2 Å². The summed E-state index contributed by atoms with van der Waals surface area (Å²) in [6, 6.07) is 11.2. The van der Waals surface area contributed by atoms with E-state index in [1.807, 2.05) is 24.3 Å². The summed E-state index contributed by atoms with van der Waals surface area (Å²) in [5.74, 6) is 1.93. The van der Waals surface area contributed by atoms with Crippen LogP contribution in [-0.4, -0.2) is 15.0 Å². The average molecular weight is 342 g/mol. The summed E-state index contributed by atoms with van der Waals surface area (Å²) in [6.07, 6.45) is 3.89. The third-order valence-corrected chi connectivity index (χ3v) is 3.59. The molecule has 0 aliphatic rings. The number of nitrogens with one attached hydrogen (secondary N) is 1. The van der Waals surface area contributed by atoms with Gasteiger partial charge in [0.05, 0.1) is 5.02 Å². The molecule has 3 N–H and O–H groups in total. The smallest absolute Gasteiger partial charge is 0.248 e. The van der Waals surface area contributed by atoms with E-state index in [1.54, 1.807) is 12.1 Å². The molecule has 2 heterocycles. The van der Waals surface area contributed by atoms with Crippen molar-refractivity contribution >= 4 is 28.9 Å². The van der Waals surface area contributed by atoms with Crippen LogP contribution < -0.4 is 15.8 Å². The number of anilines is 3. The Bertz CT molecular complexity index is 821. The second-order valence-corrected chi connectivity index (χ2v) is 5.46. The monoisotopic (exact) mass is 341 g/mol. The van der Waals surface area contributed by atoms with Gasteiger partial charge < -0.3 is 15.8 Å². The van der Waals surface area contributed by atoms with Gasteiger partial charge in [0.2, 0.25) is 5.88 Å². The maximum atomic E-state index is 6.10. The van der Waals surface area contributed by atoms with Gasteiger partial charge in [0.1, 0.15) is 23.6 Å². The molecule has 0 radical (unpaired) electrons. The number of nitrogens with zero attached hydrogens (tertiary/aromatic N) is 3. The van der Waals surface area contributed by atoms with Crippen LogP contribution in [0, 0.1) is 0 Å². The first-order valence-corrected chi connectivity index (χ1v) is 7.79. The Morgan fingerprint density at radius 3 is 2.54 bits per heavy atom. The van der Waals surface area contributed by atoms with Gasteiger partial charge in [0.15, 0.2) is 5.82 Å². The van der Waals surface area contributed by atoms with E-state index in [2.05, 4.69) is 27.2 Å². The molecule has 0 aliphatic heterocycles. The van der Waals surface area contributed by atoms with Crippen molar-refractivity contribution in [3.63, 3.8) is 0 Å². The van der Waals surface area contributed by atoms with Gasteiger partial charge in [-0.3, -0.25) is 0 Å². The topological polar surface area (TPSA) is 86.0 Å². The number of aryl methyl sites for hydroxylation is 1. The fraction of sp³-hybridized carbons (Fsp3) is 0.118. The summed E-state index contributed by atoms with van der Waals surface area (Å²) in [4.78, 5) is 12.4. The second-order valence-electron chi connectivity index (χ2n) is 5.03. The summed E-state index contributed by atoms with van der Waals surface area (Å²) >= 11 is 5.82. The van der Waals surface area contributed by atoms with Crippen LogP contribution in [0.5, 0.6) is 11.6 Å². The van der Waals surface area contributed by atoms with Gasteiger partial charge >= 0.3 is 0 Å². The molecule has 0 atom stereocenters. The summed E-state index contributed by atoms with van der Waals surface area (Å²) in [5.41, 5.74) is 7.63. The molecule has 7 heteroatoms. The number of ether oxygens (including phenoxy) is 1. The fourth-order valence-electron chi connectivity index (χ4n) is 2.04. The highest BCUT2D eigenvalue weighted by atomic mass is 35.5. The second kappa shape index (κ2) is 7.14. The first kappa shape index (κ1) is 16.0. The highest BCUT2D eigenvalue weighted by Crippen LogP contribution is 2.30. The van der Waals surface area contributed by atoms with Crippen LogP contribution in [0.4, 0.5) is 17.3 Å². The number of halogens is 1. The fourth-order valence-corrected chi connectivity index (χ4v) is 2.15. The van der Waals surface area contributed by atoms with Crippen LogP contribution in [0.2, 0.25) is 5.02 Å². The molecule has 0 aliphatic carbocycles. The zero-order valence-electron chi connectivity index (χ0n) is 13.0. The van der Waals surface area contributed by atoms with Crippen molar-refractivity contribution in [1.82, 2.24) is 15.0 Å². The van der Waals surface area contributed by atoms with E-state index < -0.39 is 0 Å². The summed E-state index contributed by atoms with van der Waals surface area (Å²) in [5, 5.41) is 3.57. The Morgan fingerprint density at radius 2 is 1.88 bits per heavy atom. The Hall–Kier alpha value is -2.86. The number of nitrogens with two attached hydrogens (primary N) is 1. The molecule has 3 rings (SSSR count). The summed E-state index contributed by atoms with van der Waals surface area (Å²) in [7, 11) is 0. The minimum absolute atomic E-state index is 0.283. The highest BCUT2D eigenvalue weighted by Gasteiger charge is 2.11. The van der Waals surface area contributed by atoms with E-state index in [4.69, 9.17) is 22.1 Å². The van der Waals surface area contributed by atoms with E-state index in [1.165, 1.54) is 18.1 Å². The quantitative estimate of drug-likeness (QED) is 0.723. The predicted molar refractivity (Wildman–Crippen MR) is 94.9 cm³/mol. The molecule has 122 valence electrons. The third-order valence-electron chi connectivity index (χ3n) is 3.37. The minimum atomic E-state index is 0.283. The molecular weight excluding hydrogens is 326 g/mol. The molecule has 0 bridgehead atoms. The maximum absolute atomic E-state index is 6.10. The Balaban J connectivity index is 1.80. The lowest BCUT2D eigenvalue weighted by Crippen LogP contribution is -2.03. The van der Waals surface area contributed by atoms with Crippen molar-refractivity contribution in [3.8, 4) is 11.6 Å². The Kier molecular flexibility index (Phi) is 4.77. The number of hydrogen-bond acceptors (Lipinski definition) is 6. The van der Waals surface area contributed by atoms with Crippen molar-refractivity contribution < 1.29 is 4.74 Å². The molecule has 2 aromatic heterocycles. The predicted octanol–water partition coefficient (Wildman–Crippen LogP) is 4.21. The zero-order chi connectivity index (χ0) is 16.9. The number of benzene rings is 1. The molecule has 6 nitrogen and oxygen atoms in total. The molecule has 3 aromatic rings. The summed E-state index contributed by atoms with van der Waals surface area (Å²) < 4.78 is 5.75. The highest BCUT2D eigenvalue weighted by molar-refractivity contribution is 6.30. The minimum Gasteiger partial charge on any atom is -0.437 e. The number of rotatable bonds is 5. The summed E-state index contributed by atoms with van der Waals surface area (Å²) in [6.45, 7) is 2.10. The third kappa shape index (κ3) is 3.72. The Labute approximate surface area is 144 Å². The Morgan fingerprint density at radius 1 is 1.08 bits per heavy atom. The normalized spacial score (nSPS) is 10.4. The van der Waals surface area contributed by atoms with Crippen LogP contribution >= 0.6 is 11.6 Å². The van der Waals surface area contributed by atoms with Crippen LogP contribution in [-0.2, 0) is 6.42 Å². The molecule has 0 fully saturated rings. The largest absolute Gasteiger partial charge is 0.437 e. The van der Waals surface area contributed by atoms with Gasteiger partial charge in [-0.15, -0.1) is 0 Å². The van der Waals surface area contributed by atoms with E-state index in [-0.39, 0.29) is 5.88 Å². The molecular formula is C17H16ClN5O. The lowest BCUT2D eigenvalue weighted by atomic mass is 10.2. The van der Waals surface area contributed by atoms with Crippen LogP contribution in [0.15, 0.2) is 48.9 Å². The number of pyridine rings is 1. The van der Waals surface area contributed by atoms with Crippen LogP contribution in [0.3, 0.4) is 0 Å². The maximum Gasteiger partial charge on any atom is 0.248 e. The number of hydrogen-bond donors (Lipinski definition) is 2. The number of aromatic nitrogens is 3. The lowest BCUT2D eigenvalue weighted by Gasteiger charge is -2.11. The SMILES string of the molecule is CCc1ccc(Oc2ncnc(Nc3ccc(Cl)cn3)c2N)cc1. The molecule has 0 spiro atoms. The van der Waals surface area contributed by atoms with Gasteiger partial charge in [-0.1, -0.05) is 30.7 Å². The molecule has 24 heavy (non-hydrogen) atoms. The van der Waals surface area contributed by atoms with Gasteiger partial charge in [-0.2, -0.15) is 4.98 Å². The van der Waals surface area contributed by atoms with Crippen LogP contribution in [0.1, 0.15) is 12.5 Å². The van der Waals surface area contributed by atoms with Crippen molar-refractivity contribution in [3.05, 3.63) is 59.5 Å². The van der Waals surface area contributed by atoms with E-state index >= 15 is 0 Å². The molecule has 0 saturated heterocycles. The zero-order valence-corrected chi connectivity index (χ0v) is 13.8. The molecule has 0 unspecified atom stereocenters. The molecule has 1 aromatic carbocycles. The van der Waals surface area contributed by atoms with Gasteiger partial charge in [0, 0.05) is 6.20 Å². The molecule has 0 amide bonds. The van der Waals surface area contributed by atoms with E-state index in [9.17, 15) is 0 Å². The van der Waals surface area contributed by atoms with E-state index in [0.29, 0.717) is 28.1 Å². The first-order chi connectivity index (χ1) is 11.7. The lowest BCUT2D eigenvalue weighted by molar-refractivity contribution is 0.464. The number of nitrogen functional groups attached to an aromatic ring is 1.